The summed E-state index contributed by atoms with van der Waals surface area (Å²) in [5.41, 5.74) is 2.26. The number of halogens is 1. The van der Waals surface area contributed by atoms with Crippen LogP contribution in [0.2, 0.25) is 0 Å². The van der Waals surface area contributed by atoms with Crippen LogP contribution >= 0.6 is 15.9 Å². The largest absolute Gasteiger partial charge is 0.345 e. The van der Waals surface area contributed by atoms with Crippen molar-refractivity contribution in [2.45, 2.75) is 33.4 Å². The predicted octanol–water partition coefficient (Wildman–Crippen LogP) is 2.69. The summed E-state index contributed by atoms with van der Waals surface area (Å²) < 4.78 is 2.85. The van der Waals surface area contributed by atoms with Crippen LogP contribution < -0.4 is 5.32 Å². The Bertz CT molecular complexity index is 592. The molecule has 1 amide bonds. The van der Waals surface area contributed by atoms with Crippen LogP contribution in [0.4, 0.5) is 0 Å². The van der Waals surface area contributed by atoms with Crippen LogP contribution in [0.15, 0.2) is 29.1 Å². The van der Waals surface area contributed by atoms with Crippen LogP contribution in [0.25, 0.3) is 0 Å². The third-order valence-corrected chi connectivity index (χ3v) is 3.26. The summed E-state index contributed by atoms with van der Waals surface area (Å²) in [7, 11) is 0. The van der Waals surface area contributed by atoms with Gasteiger partial charge in [-0.05, 0) is 35.3 Å². The van der Waals surface area contributed by atoms with E-state index in [2.05, 4.69) is 38.1 Å². The van der Waals surface area contributed by atoms with Gasteiger partial charge in [-0.25, -0.2) is 0 Å². The van der Waals surface area contributed by atoms with Gasteiger partial charge < -0.3 is 9.88 Å². The summed E-state index contributed by atoms with van der Waals surface area (Å²) in [4.78, 5) is 20.6. The first kappa shape index (κ1) is 14.7. The van der Waals surface area contributed by atoms with Crippen molar-refractivity contribution in [3.63, 3.8) is 0 Å². The normalized spacial score (nSPS) is 10.6. The van der Waals surface area contributed by atoms with E-state index in [-0.39, 0.29) is 5.91 Å². The van der Waals surface area contributed by atoms with Gasteiger partial charge >= 0.3 is 0 Å². The lowest BCUT2D eigenvalue weighted by molar-refractivity contribution is 0.0941. The number of aryl methyl sites for hydroxylation is 2. The monoisotopic (exact) mass is 336 g/mol. The maximum atomic E-state index is 12.2. The Labute approximate surface area is 126 Å². The molecule has 2 heterocycles. The van der Waals surface area contributed by atoms with E-state index >= 15 is 0 Å². The highest BCUT2D eigenvalue weighted by atomic mass is 79.9. The fraction of sp³-hybridized carbons (Fsp3) is 0.357. The second-order valence-electron chi connectivity index (χ2n) is 4.57. The van der Waals surface area contributed by atoms with Crippen LogP contribution in [0.5, 0.6) is 0 Å². The van der Waals surface area contributed by atoms with Gasteiger partial charge in [0.05, 0.1) is 24.1 Å². The molecule has 2 rings (SSSR count). The third kappa shape index (κ3) is 3.66. The van der Waals surface area contributed by atoms with E-state index in [9.17, 15) is 4.79 Å². The van der Waals surface area contributed by atoms with Crippen LogP contribution in [0, 0.1) is 6.92 Å². The molecule has 0 aromatic carbocycles. The first-order valence-electron chi connectivity index (χ1n) is 6.51. The lowest BCUT2D eigenvalue weighted by Crippen LogP contribution is -2.25. The van der Waals surface area contributed by atoms with Gasteiger partial charge in [0, 0.05) is 23.4 Å². The molecule has 0 radical (unpaired) electrons. The van der Waals surface area contributed by atoms with E-state index in [0.717, 1.165) is 28.8 Å². The van der Waals surface area contributed by atoms with E-state index in [1.165, 1.54) is 0 Å². The zero-order valence-corrected chi connectivity index (χ0v) is 13.1. The molecule has 0 saturated carbocycles. The molecule has 0 aliphatic heterocycles. The van der Waals surface area contributed by atoms with Crippen molar-refractivity contribution in [3.05, 3.63) is 46.2 Å². The fourth-order valence-electron chi connectivity index (χ4n) is 1.86. The van der Waals surface area contributed by atoms with E-state index < -0.39 is 0 Å². The lowest BCUT2D eigenvalue weighted by Gasteiger charge is -2.08. The highest BCUT2D eigenvalue weighted by Gasteiger charge is 2.12. The lowest BCUT2D eigenvalue weighted by atomic mass is 10.3. The van der Waals surface area contributed by atoms with Crippen molar-refractivity contribution < 1.29 is 4.79 Å². The number of rotatable bonds is 5. The van der Waals surface area contributed by atoms with Crippen LogP contribution in [0.3, 0.4) is 0 Å². The van der Waals surface area contributed by atoms with Gasteiger partial charge in [-0.2, -0.15) is 0 Å². The SMILES string of the molecule is CCCn1cc(Br)cc1C(=O)NCc1cnc(C)cn1. The van der Waals surface area contributed by atoms with E-state index in [1.54, 1.807) is 12.4 Å². The third-order valence-electron chi connectivity index (χ3n) is 2.82. The quantitative estimate of drug-likeness (QED) is 0.913. The van der Waals surface area contributed by atoms with Crippen molar-refractivity contribution in [1.29, 1.82) is 0 Å². The molecule has 0 saturated heterocycles. The Morgan fingerprint density at radius 3 is 2.85 bits per heavy atom. The Hall–Kier alpha value is -1.69. The van der Waals surface area contributed by atoms with Crippen molar-refractivity contribution in [2.24, 2.45) is 0 Å². The Morgan fingerprint density at radius 1 is 1.40 bits per heavy atom. The highest BCUT2D eigenvalue weighted by molar-refractivity contribution is 9.10. The number of carbonyl (C=O) groups is 1. The molecule has 5 nitrogen and oxygen atoms in total. The van der Waals surface area contributed by atoms with Crippen molar-refractivity contribution in [2.75, 3.05) is 0 Å². The standard InChI is InChI=1S/C14H17BrN4O/c1-3-4-19-9-11(15)5-13(19)14(20)18-8-12-7-16-10(2)6-17-12/h5-7,9H,3-4,8H2,1-2H3,(H,18,20). The molecule has 2 aromatic rings. The molecule has 6 heteroatoms. The van der Waals surface area contributed by atoms with Gasteiger partial charge in [0.1, 0.15) is 5.69 Å². The van der Waals surface area contributed by atoms with Crippen LogP contribution in [-0.4, -0.2) is 20.4 Å². The molecule has 0 bridgehead atoms. The number of nitrogens with zero attached hydrogens (tertiary/aromatic N) is 3. The number of aromatic nitrogens is 3. The maximum Gasteiger partial charge on any atom is 0.268 e. The predicted molar refractivity (Wildman–Crippen MR) is 80.4 cm³/mol. The molecule has 0 aliphatic rings. The van der Waals surface area contributed by atoms with Crippen molar-refractivity contribution >= 4 is 21.8 Å². The first-order valence-corrected chi connectivity index (χ1v) is 7.31. The maximum absolute atomic E-state index is 12.2. The second-order valence-corrected chi connectivity index (χ2v) is 5.48. The summed E-state index contributed by atoms with van der Waals surface area (Å²) in [6.45, 7) is 5.15. The minimum Gasteiger partial charge on any atom is -0.345 e. The molecule has 0 atom stereocenters. The Balaban J connectivity index is 2.03. The van der Waals surface area contributed by atoms with Gasteiger partial charge in [0.15, 0.2) is 0 Å². The molecule has 0 aliphatic carbocycles. The van der Waals surface area contributed by atoms with Gasteiger partial charge in [-0.3, -0.25) is 14.8 Å². The molecular weight excluding hydrogens is 320 g/mol. The average molecular weight is 337 g/mol. The first-order chi connectivity index (χ1) is 9.60. The van der Waals surface area contributed by atoms with Crippen molar-refractivity contribution in [1.82, 2.24) is 19.9 Å². The molecular formula is C14H17BrN4O. The van der Waals surface area contributed by atoms with Gasteiger partial charge in [-0.15, -0.1) is 0 Å². The molecule has 106 valence electrons. The van der Waals surface area contributed by atoms with Crippen molar-refractivity contribution in [3.8, 4) is 0 Å². The summed E-state index contributed by atoms with van der Waals surface area (Å²) in [5, 5.41) is 2.86. The molecule has 20 heavy (non-hydrogen) atoms. The summed E-state index contributed by atoms with van der Waals surface area (Å²) in [6.07, 6.45) is 6.27. The fourth-order valence-corrected chi connectivity index (χ4v) is 2.33. The zero-order valence-electron chi connectivity index (χ0n) is 11.6. The number of carbonyl (C=O) groups excluding carboxylic acids is 1. The second kappa shape index (κ2) is 6.65. The zero-order chi connectivity index (χ0) is 14.5. The van der Waals surface area contributed by atoms with Gasteiger partial charge in [0.2, 0.25) is 0 Å². The Morgan fingerprint density at radius 2 is 2.20 bits per heavy atom. The van der Waals surface area contributed by atoms with E-state index in [1.807, 2.05) is 23.8 Å². The number of amides is 1. The van der Waals surface area contributed by atoms with Gasteiger partial charge in [-0.1, -0.05) is 6.92 Å². The molecule has 0 fully saturated rings. The van der Waals surface area contributed by atoms with E-state index in [4.69, 9.17) is 0 Å². The van der Waals surface area contributed by atoms with Gasteiger partial charge in [0.25, 0.3) is 5.91 Å². The smallest absolute Gasteiger partial charge is 0.268 e. The molecule has 0 spiro atoms. The van der Waals surface area contributed by atoms with Crippen LogP contribution in [0.1, 0.15) is 35.2 Å². The molecule has 0 unspecified atom stereocenters. The number of nitrogens with one attached hydrogen (secondary N) is 1. The minimum atomic E-state index is -0.105. The van der Waals surface area contributed by atoms with Crippen LogP contribution in [-0.2, 0) is 13.1 Å². The molecule has 2 aromatic heterocycles. The summed E-state index contributed by atoms with van der Waals surface area (Å²) in [6, 6.07) is 1.83. The Kier molecular flexibility index (Phi) is 4.89. The summed E-state index contributed by atoms with van der Waals surface area (Å²) >= 11 is 3.40. The number of hydrogen-bond acceptors (Lipinski definition) is 3. The average Bonchev–Trinajstić information content (AvgIpc) is 2.79. The van der Waals surface area contributed by atoms with E-state index in [0.29, 0.717) is 12.2 Å². The minimum absolute atomic E-state index is 0.105. The summed E-state index contributed by atoms with van der Waals surface area (Å²) in [5.74, 6) is -0.105. The number of hydrogen-bond donors (Lipinski definition) is 1. The molecule has 1 N–H and O–H groups in total. The highest BCUT2D eigenvalue weighted by Crippen LogP contribution is 2.15. The topological polar surface area (TPSA) is 59.8 Å².